The van der Waals surface area contributed by atoms with Crippen LogP contribution in [0.5, 0.6) is 11.5 Å². The fourth-order valence-electron chi connectivity index (χ4n) is 3.69. The predicted octanol–water partition coefficient (Wildman–Crippen LogP) is 5.21. The van der Waals surface area contributed by atoms with Gasteiger partial charge in [-0.15, -0.1) is 0 Å². The third kappa shape index (κ3) is 4.71. The highest BCUT2D eigenvalue weighted by Crippen LogP contribution is 2.30. The lowest BCUT2D eigenvalue weighted by molar-refractivity contribution is 0.0754. The van der Waals surface area contributed by atoms with Crippen LogP contribution in [0.1, 0.15) is 75.1 Å². The summed E-state index contributed by atoms with van der Waals surface area (Å²) in [6.45, 7) is 13.8. The summed E-state index contributed by atoms with van der Waals surface area (Å²) in [6, 6.07) is 7.87. The average molecular weight is 439 g/mol. The molecule has 0 saturated heterocycles. The molecule has 0 aliphatic rings. The molecule has 7 nitrogen and oxygen atoms in total. The third-order valence-corrected chi connectivity index (χ3v) is 5.47. The Kier molecular flexibility index (Phi) is 7.38. The minimum atomic E-state index is -0.0297. The van der Waals surface area contributed by atoms with Crippen molar-refractivity contribution in [1.29, 1.82) is 0 Å². The third-order valence-electron chi connectivity index (χ3n) is 5.47. The minimum absolute atomic E-state index is 0.0297. The summed E-state index contributed by atoms with van der Waals surface area (Å²) in [5, 5.41) is 5.30. The SMILES string of the molecule is CCOc1ccc(CN(CC)C(=O)c2cc(C(C)C)nc3c2cnn3C(C)C)cc1OC. The van der Waals surface area contributed by atoms with Crippen LogP contribution < -0.4 is 9.47 Å². The Morgan fingerprint density at radius 2 is 1.88 bits per heavy atom. The quantitative estimate of drug-likeness (QED) is 0.459. The van der Waals surface area contributed by atoms with Gasteiger partial charge in [0.05, 0.1) is 30.9 Å². The van der Waals surface area contributed by atoms with Gasteiger partial charge in [-0.1, -0.05) is 19.9 Å². The van der Waals surface area contributed by atoms with Gasteiger partial charge in [0.1, 0.15) is 0 Å². The molecule has 0 atom stereocenters. The van der Waals surface area contributed by atoms with Crippen LogP contribution in [0.25, 0.3) is 11.0 Å². The van der Waals surface area contributed by atoms with Crippen LogP contribution in [-0.2, 0) is 6.54 Å². The van der Waals surface area contributed by atoms with Crippen molar-refractivity contribution in [3.63, 3.8) is 0 Å². The topological polar surface area (TPSA) is 69.5 Å². The van der Waals surface area contributed by atoms with E-state index in [-0.39, 0.29) is 17.9 Å². The number of benzene rings is 1. The smallest absolute Gasteiger partial charge is 0.255 e. The molecule has 1 amide bonds. The summed E-state index contributed by atoms with van der Waals surface area (Å²) in [6.07, 6.45) is 1.76. The number of carbonyl (C=O) groups is 1. The molecule has 0 aliphatic heterocycles. The first-order valence-corrected chi connectivity index (χ1v) is 11.3. The molecule has 2 aromatic heterocycles. The summed E-state index contributed by atoms with van der Waals surface area (Å²) in [5.74, 6) is 1.54. The molecule has 172 valence electrons. The lowest BCUT2D eigenvalue weighted by atomic mass is 10.0. The zero-order valence-electron chi connectivity index (χ0n) is 20.2. The molecule has 32 heavy (non-hydrogen) atoms. The summed E-state index contributed by atoms with van der Waals surface area (Å²) >= 11 is 0. The second-order valence-corrected chi connectivity index (χ2v) is 8.41. The lowest BCUT2D eigenvalue weighted by Crippen LogP contribution is -2.30. The van der Waals surface area contributed by atoms with E-state index in [1.165, 1.54) is 0 Å². The van der Waals surface area contributed by atoms with Gasteiger partial charge in [0.25, 0.3) is 5.91 Å². The number of hydrogen-bond acceptors (Lipinski definition) is 5. The maximum Gasteiger partial charge on any atom is 0.255 e. The van der Waals surface area contributed by atoms with Crippen LogP contribution >= 0.6 is 0 Å². The van der Waals surface area contributed by atoms with E-state index in [2.05, 4.69) is 32.8 Å². The molecule has 1 aromatic carbocycles. The van der Waals surface area contributed by atoms with Crippen LogP contribution in [0, 0.1) is 0 Å². The molecule has 0 unspecified atom stereocenters. The standard InChI is InChI=1S/C25H34N4O3/c1-8-28(15-18-10-11-22(32-9-2)23(12-18)31-7)25(30)19-13-21(16(3)4)27-24-20(19)14-26-29(24)17(5)6/h10-14,16-17H,8-9,15H2,1-7H3. The van der Waals surface area contributed by atoms with Gasteiger partial charge in [-0.25, -0.2) is 9.67 Å². The predicted molar refractivity (Wildman–Crippen MR) is 127 cm³/mol. The van der Waals surface area contributed by atoms with E-state index < -0.39 is 0 Å². The van der Waals surface area contributed by atoms with Crippen molar-refractivity contribution in [3.05, 3.63) is 47.3 Å². The molecule has 2 heterocycles. The van der Waals surface area contributed by atoms with E-state index in [1.807, 2.05) is 47.7 Å². The Hall–Kier alpha value is -3.09. The molecule has 0 radical (unpaired) electrons. The monoisotopic (exact) mass is 438 g/mol. The molecule has 0 N–H and O–H groups in total. The van der Waals surface area contributed by atoms with E-state index in [4.69, 9.17) is 14.5 Å². The Labute approximate surface area is 190 Å². The highest BCUT2D eigenvalue weighted by Gasteiger charge is 2.23. The van der Waals surface area contributed by atoms with Crippen molar-refractivity contribution in [2.24, 2.45) is 0 Å². The maximum absolute atomic E-state index is 13.7. The number of nitrogens with zero attached hydrogens (tertiary/aromatic N) is 4. The van der Waals surface area contributed by atoms with Gasteiger partial charge < -0.3 is 14.4 Å². The zero-order valence-corrected chi connectivity index (χ0v) is 20.2. The van der Waals surface area contributed by atoms with E-state index in [0.717, 1.165) is 22.3 Å². The second-order valence-electron chi connectivity index (χ2n) is 8.41. The van der Waals surface area contributed by atoms with Gasteiger partial charge in [-0.3, -0.25) is 4.79 Å². The highest BCUT2D eigenvalue weighted by atomic mass is 16.5. The van der Waals surface area contributed by atoms with Gasteiger partial charge in [-0.05, 0) is 57.4 Å². The van der Waals surface area contributed by atoms with E-state index in [9.17, 15) is 4.79 Å². The van der Waals surface area contributed by atoms with Crippen LogP contribution in [0.2, 0.25) is 0 Å². The van der Waals surface area contributed by atoms with E-state index in [0.29, 0.717) is 36.8 Å². The van der Waals surface area contributed by atoms with Crippen LogP contribution in [-0.4, -0.2) is 45.8 Å². The van der Waals surface area contributed by atoms with Crippen LogP contribution in [0.3, 0.4) is 0 Å². The number of pyridine rings is 1. The first-order valence-electron chi connectivity index (χ1n) is 11.3. The second kappa shape index (κ2) is 10.0. The van der Waals surface area contributed by atoms with Crippen molar-refractivity contribution in [3.8, 4) is 11.5 Å². The maximum atomic E-state index is 13.7. The molecule has 3 aromatic rings. The molecule has 3 rings (SSSR count). The number of ether oxygens (including phenoxy) is 2. The van der Waals surface area contributed by atoms with Gasteiger partial charge in [0.2, 0.25) is 0 Å². The molecule has 7 heteroatoms. The van der Waals surface area contributed by atoms with Gasteiger partial charge in [0.15, 0.2) is 17.1 Å². The number of hydrogen-bond donors (Lipinski definition) is 0. The molecule has 0 saturated carbocycles. The van der Waals surface area contributed by atoms with Crippen molar-refractivity contribution in [2.45, 2.75) is 60.0 Å². The van der Waals surface area contributed by atoms with E-state index >= 15 is 0 Å². The lowest BCUT2D eigenvalue weighted by Gasteiger charge is -2.23. The molecule has 0 fully saturated rings. The molecule has 0 bridgehead atoms. The number of methoxy groups -OCH3 is 1. The van der Waals surface area contributed by atoms with Crippen molar-refractivity contribution < 1.29 is 14.3 Å². The van der Waals surface area contributed by atoms with Crippen LogP contribution in [0.4, 0.5) is 0 Å². The summed E-state index contributed by atoms with van der Waals surface area (Å²) in [5.41, 5.74) is 3.27. The molecule has 0 aliphatic carbocycles. The first-order chi connectivity index (χ1) is 15.3. The van der Waals surface area contributed by atoms with Crippen molar-refractivity contribution >= 4 is 16.9 Å². The van der Waals surface area contributed by atoms with Crippen molar-refractivity contribution in [1.82, 2.24) is 19.7 Å². The van der Waals surface area contributed by atoms with E-state index in [1.54, 1.807) is 13.3 Å². The normalized spacial score (nSPS) is 11.4. The van der Waals surface area contributed by atoms with Crippen LogP contribution in [0.15, 0.2) is 30.5 Å². The minimum Gasteiger partial charge on any atom is -0.493 e. The number of aromatic nitrogens is 3. The number of amides is 1. The van der Waals surface area contributed by atoms with Gasteiger partial charge in [0, 0.05) is 24.8 Å². The molecular formula is C25H34N4O3. The summed E-state index contributed by atoms with van der Waals surface area (Å²) < 4.78 is 13.0. The number of rotatable bonds is 9. The Balaban J connectivity index is 1.99. The zero-order chi connectivity index (χ0) is 23.4. The summed E-state index contributed by atoms with van der Waals surface area (Å²) in [7, 11) is 1.62. The number of fused-ring (bicyclic) bond motifs is 1. The van der Waals surface area contributed by atoms with Gasteiger partial charge >= 0.3 is 0 Å². The fraction of sp³-hybridized carbons (Fsp3) is 0.480. The Morgan fingerprint density at radius 3 is 2.47 bits per heavy atom. The van der Waals surface area contributed by atoms with Gasteiger partial charge in [-0.2, -0.15) is 5.10 Å². The molecular weight excluding hydrogens is 404 g/mol. The first kappa shape index (κ1) is 23.6. The fourth-order valence-corrected chi connectivity index (χ4v) is 3.69. The summed E-state index contributed by atoms with van der Waals surface area (Å²) in [4.78, 5) is 20.3. The number of carbonyl (C=O) groups excluding carboxylic acids is 1. The average Bonchev–Trinajstić information content (AvgIpc) is 3.21. The highest BCUT2D eigenvalue weighted by molar-refractivity contribution is 6.05. The molecule has 0 spiro atoms. The Morgan fingerprint density at radius 1 is 1.12 bits per heavy atom. The largest absolute Gasteiger partial charge is 0.493 e. The van der Waals surface area contributed by atoms with Crippen molar-refractivity contribution in [2.75, 3.05) is 20.3 Å². The Bertz CT molecular complexity index is 1090.